The predicted octanol–water partition coefficient (Wildman–Crippen LogP) is 5.42. The molecule has 39 heavy (non-hydrogen) atoms. The fourth-order valence-electron chi connectivity index (χ4n) is 5.34. The summed E-state index contributed by atoms with van der Waals surface area (Å²) in [6, 6.07) is 20.6. The van der Waals surface area contributed by atoms with Crippen LogP contribution in [0.15, 0.2) is 90.5 Å². The molecule has 2 aliphatic rings. The molecule has 3 aromatic carbocycles. The van der Waals surface area contributed by atoms with Crippen molar-refractivity contribution in [3.63, 3.8) is 0 Å². The van der Waals surface area contributed by atoms with Gasteiger partial charge in [0.15, 0.2) is 11.0 Å². The Kier molecular flexibility index (Phi) is 6.21. The molecule has 3 aromatic rings. The average molecular weight is 542 g/mol. The Bertz CT molecular complexity index is 1620. The van der Waals surface area contributed by atoms with Crippen LogP contribution >= 0.6 is 11.6 Å². The average Bonchev–Trinajstić information content (AvgIpc) is 3.42. The van der Waals surface area contributed by atoms with Crippen LogP contribution in [0.4, 0.5) is 11.4 Å². The number of nitro groups is 1. The Balaban J connectivity index is 1.92. The number of nitrogens with zero attached hydrogens (tertiary/aromatic N) is 2. The number of hydrogen-bond acceptors (Lipinski definition) is 7. The Hall–Kier alpha value is -4.94. The maximum atomic E-state index is 14.2. The normalized spacial score (nSPS) is 21.1. The number of nitrogens with one attached hydrogen (secondary N) is 1. The summed E-state index contributed by atoms with van der Waals surface area (Å²) in [5.41, 5.74) is -3.14. The molecule has 0 radical (unpaired) electrons. The second-order valence-electron chi connectivity index (χ2n) is 8.86. The summed E-state index contributed by atoms with van der Waals surface area (Å²) >= 11 is 6.10. The highest BCUT2D eigenvalue weighted by Gasteiger charge is 2.73. The zero-order valence-corrected chi connectivity index (χ0v) is 21.3. The van der Waals surface area contributed by atoms with Crippen LogP contribution in [0.2, 0.25) is 5.02 Å². The fraction of sp³-hybridized carbons (Fsp3) is 0.138. The van der Waals surface area contributed by atoms with Crippen molar-refractivity contribution in [1.82, 2.24) is 0 Å². The van der Waals surface area contributed by atoms with Crippen LogP contribution in [0, 0.1) is 21.4 Å². The topological polar surface area (TPSA) is 132 Å². The Morgan fingerprint density at radius 1 is 1.15 bits per heavy atom. The van der Waals surface area contributed by atoms with E-state index in [1.807, 2.05) is 0 Å². The van der Waals surface area contributed by atoms with E-state index in [9.17, 15) is 25.0 Å². The number of ether oxygens (including phenoxy) is 2. The summed E-state index contributed by atoms with van der Waals surface area (Å²) in [6.07, 6.45) is 0. The summed E-state index contributed by atoms with van der Waals surface area (Å²) in [6.45, 7) is 5.65. The standard InChI is InChI=1S/C29H20ClN3O6/c1-3-38-26(34)17(2)29(19-10-14-21(15-11-19)33(36)37)28(22-6-4-5-7-24(22)32-27(28)35)23(16-31)25(39-29)18-8-12-20(30)13-9-18/h4-15H,2-3H2,1H3,(H,32,35)/t28-,29+/m1/s1. The van der Waals surface area contributed by atoms with Crippen molar-refractivity contribution in [3.05, 3.63) is 122 Å². The third-order valence-corrected chi connectivity index (χ3v) is 7.21. The van der Waals surface area contributed by atoms with E-state index in [0.29, 0.717) is 21.8 Å². The number of halogens is 1. The first-order valence-corrected chi connectivity index (χ1v) is 12.2. The number of carbonyl (C=O) groups is 2. The van der Waals surface area contributed by atoms with Crippen LogP contribution in [0.1, 0.15) is 23.6 Å². The lowest BCUT2D eigenvalue weighted by atomic mass is 9.59. The van der Waals surface area contributed by atoms with Gasteiger partial charge in [0.05, 0.1) is 22.7 Å². The predicted molar refractivity (Wildman–Crippen MR) is 142 cm³/mol. The third kappa shape index (κ3) is 3.53. The van der Waals surface area contributed by atoms with Crippen molar-refractivity contribution in [3.8, 4) is 6.07 Å². The third-order valence-electron chi connectivity index (χ3n) is 6.95. The summed E-state index contributed by atoms with van der Waals surface area (Å²) in [7, 11) is 0. The number of nitro benzene ring substituents is 1. The van der Waals surface area contributed by atoms with Gasteiger partial charge in [-0.15, -0.1) is 0 Å². The number of anilines is 1. The second-order valence-corrected chi connectivity index (χ2v) is 9.30. The molecule has 2 atom stereocenters. The minimum absolute atomic E-state index is 0.00650. The van der Waals surface area contributed by atoms with Crippen LogP contribution in [-0.4, -0.2) is 23.4 Å². The first-order chi connectivity index (χ1) is 18.7. The molecule has 2 aliphatic heterocycles. The zero-order valence-electron chi connectivity index (χ0n) is 20.6. The van der Waals surface area contributed by atoms with Crippen LogP contribution in [0.25, 0.3) is 5.76 Å². The zero-order chi connectivity index (χ0) is 27.9. The molecule has 0 aromatic heterocycles. The lowest BCUT2D eigenvalue weighted by Crippen LogP contribution is -2.55. The number of carbonyl (C=O) groups excluding carboxylic acids is 2. The highest BCUT2D eigenvalue weighted by atomic mass is 35.5. The molecule has 1 amide bonds. The Morgan fingerprint density at radius 2 is 1.82 bits per heavy atom. The van der Waals surface area contributed by atoms with Gasteiger partial charge in [-0.1, -0.05) is 36.4 Å². The van der Waals surface area contributed by atoms with Crippen molar-refractivity contribution < 1.29 is 24.0 Å². The highest BCUT2D eigenvalue weighted by molar-refractivity contribution is 6.30. The van der Waals surface area contributed by atoms with Gasteiger partial charge in [-0.05, 0) is 49.4 Å². The number of amides is 1. The van der Waals surface area contributed by atoms with Gasteiger partial charge in [0, 0.05) is 39.5 Å². The van der Waals surface area contributed by atoms with Crippen LogP contribution in [0.5, 0.6) is 0 Å². The molecular formula is C29H20ClN3O6. The molecule has 0 bridgehead atoms. The minimum atomic E-state index is -2.05. The lowest BCUT2D eigenvalue weighted by molar-refractivity contribution is -0.384. The van der Waals surface area contributed by atoms with Gasteiger partial charge in [-0.25, -0.2) is 4.79 Å². The molecule has 0 unspecified atom stereocenters. The van der Waals surface area contributed by atoms with E-state index in [1.165, 1.54) is 24.3 Å². The van der Waals surface area contributed by atoms with Crippen molar-refractivity contribution >= 4 is 40.6 Å². The number of non-ortho nitro benzene ring substituents is 1. The molecule has 1 N–H and O–H groups in total. The van der Waals surface area contributed by atoms with Crippen molar-refractivity contribution in [2.45, 2.75) is 17.9 Å². The van der Waals surface area contributed by atoms with E-state index in [1.54, 1.807) is 55.5 Å². The molecular weight excluding hydrogens is 522 g/mol. The molecule has 2 heterocycles. The highest BCUT2D eigenvalue weighted by Crippen LogP contribution is 2.64. The van der Waals surface area contributed by atoms with E-state index in [2.05, 4.69) is 18.0 Å². The van der Waals surface area contributed by atoms with Crippen LogP contribution in [0.3, 0.4) is 0 Å². The van der Waals surface area contributed by atoms with Crippen molar-refractivity contribution in [2.75, 3.05) is 11.9 Å². The molecule has 0 fully saturated rings. The SMILES string of the molecule is C=C(C(=O)OCC)[C@@]1(c2ccc([N+](=O)[O-])cc2)OC(c2ccc(Cl)cc2)=C(C#N)[C@]12C(=O)Nc1ccccc12. The van der Waals surface area contributed by atoms with E-state index >= 15 is 0 Å². The van der Waals surface area contributed by atoms with Gasteiger partial charge in [-0.2, -0.15) is 5.26 Å². The van der Waals surface area contributed by atoms with Gasteiger partial charge in [-0.3, -0.25) is 14.9 Å². The van der Waals surface area contributed by atoms with E-state index in [4.69, 9.17) is 21.1 Å². The number of rotatable bonds is 6. The van der Waals surface area contributed by atoms with Crippen LogP contribution in [-0.2, 0) is 30.1 Å². The minimum Gasteiger partial charge on any atom is -0.474 e. The first kappa shape index (κ1) is 25.7. The number of nitriles is 1. The number of esters is 1. The molecule has 9 nitrogen and oxygen atoms in total. The second kappa shape index (κ2) is 9.42. The Morgan fingerprint density at radius 3 is 2.44 bits per heavy atom. The van der Waals surface area contributed by atoms with E-state index in [0.717, 1.165) is 0 Å². The van der Waals surface area contributed by atoms with Gasteiger partial charge in [0.1, 0.15) is 11.8 Å². The summed E-state index contributed by atoms with van der Waals surface area (Å²) < 4.78 is 11.9. The quantitative estimate of drug-likeness (QED) is 0.191. The number of para-hydroxylation sites is 1. The van der Waals surface area contributed by atoms with E-state index < -0.39 is 27.8 Å². The van der Waals surface area contributed by atoms with Gasteiger partial charge < -0.3 is 14.8 Å². The summed E-state index contributed by atoms with van der Waals surface area (Å²) in [4.78, 5) is 38.4. The summed E-state index contributed by atoms with van der Waals surface area (Å²) in [5, 5.41) is 25.3. The first-order valence-electron chi connectivity index (χ1n) is 11.8. The van der Waals surface area contributed by atoms with Crippen molar-refractivity contribution in [2.24, 2.45) is 0 Å². The molecule has 10 heteroatoms. The maximum absolute atomic E-state index is 14.2. The van der Waals surface area contributed by atoms with Gasteiger partial charge in [0.25, 0.3) is 5.69 Å². The molecule has 0 aliphatic carbocycles. The van der Waals surface area contributed by atoms with E-state index in [-0.39, 0.29) is 34.8 Å². The fourth-order valence-corrected chi connectivity index (χ4v) is 5.46. The number of hydrogen-bond donors (Lipinski definition) is 1. The smallest absolute Gasteiger partial charge is 0.337 e. The Labute approximate surface area is 228 Å². The largest absolute Gasteiger partial charge is 0.474 e. The van der Waals surface area contributed by atoms with Crippen molar-refractivity contribution in [1.29, 1.82) is 5.26 Å². The summed E-state index contributed by atoms with van der Waals surface area (Å²) in [5.74, 6) is -1.46. The molecule has 0 saturated heterocycles. The molecule has 194 valence electrons. The van der Waals surface area contributed by atoms with Crippen LogP contribution < -0.4 is 5.32 Å². The van der Waals surface area contributed by atoms with Gasteiger partial charge in [0.2, 0.25) is 5.91 Å². The lowest BCUT2D eigenvalue weighted by Gasteiger charge is -2.42. The molecule has 5 rings (SSSR count). The maximum Gasteiger partial charge on any atom is 0.337 e. The monoisotopic (exact) mass is 541 g/mol. The molecule has 1 spiro atoms. The number of fused-ring (bicyclic) bond motifs is 2. The molecule has 0 saturated carbocycles. The van der Waals surface area contributed by atoms with Gasteiger partial charge >= 0.3 is 5.97 Å². The number of benzene rings is 3.